The Labute approximate surface area is 89.1 Å². The average molecular weight is 211 g/mol. The number of nitrogens with two attached hydrogens (primary N) is 1. The van der Waals surface area contributed by atoms with E-state index < -0.39 is 6.04 Å². The van der Waals surface area contributed by atoms with Gasteiger partial charge < -0.3 is 16.4 Å². The molecule has 0 spiro atoms. The Balaban J connectivity index is 2.14. The van der Waals surface area contributed by atoms with Crippen molar-refractivity contribution in [3.05, 3.63) is 12.7 Å². The highest BCUT2D eigenvalue weighted by atomic mass is 16.2. The van der Waals surface area contributed by atoms with Crippen LogP contribution in [0.25, 0.3) is 0 Å². The Kier molecular flexibility index (Phi) is 4.30. The van der Waals surface area contributed by atoms with E-state index in [1.165, 1.54) is 0 Å². The number of carbonyl (C=O) groups excluding carboxylic acids is 2. The summed E-state index contributed by atoms with van der Waals surface area (Å²) < 4.78 is 0. The minimum atomic E-state index is -0.615. The van der Waals surface area contributed by atoms with E-state index in [1.807, 2.05) is 0 Å². The minimum Gasteiger partial charge on any atom is -0.352 e. The molecule has 1 aliphatic carbocycles. The van der Waals surface area contributed by atoms with Gasteiger partial charge in [-0.3, -0.25) is 9.59 Å². The summed E-state index contributed by atoms with van der Waals surface area (Å²) in [5.41, 5.74) is 5.51. The first-order valence-electron chi connectivity index (χ1n) is 5.07. The lowest BCUT2D eigenvalue weighted by Gasteiger charge is -2.09. The third kappa shape index (κ3) is 4.60. The molecular weight excluding hydrogens is 194 g/mol. The summed E-state index contributed by atoms with van der Waals surface area (Å²) in [7, 11) is 0. The average Bonchev–Trinajstić information content (AvgIpc) is 2.98. The van der Waals surface area contributed by atoms with Gasteiger partial charge in [-0.25, -0.2) is 0 Å². The van der Waals surface area contributed by atoms with Crippen LogP contribution in [0.15, 0.2) is 12.7 Å². The zero-order chi connectivity index (χ0) is 11.3. The van der Waals surface area contributed by atoms with E-state index in [4.69, 9.17) is 5.73 Å². The van der Waals surface area contributed by atoms with Crippen molar-refractivity contribution in [3.8, 4) is 0 Å². The Hall–Kier alpha value is -1.36. The van der Waals surface area contributed by atoms with Gasteiger partial charge in [-0.05, 0) is 19.3 Å². The molecule has 1 unspecified atom stereocenters. The molecule has 84 valence electrons. The van der Waals surface area contributed by atoms with Gasteiger partial charge in [-0.1, -0.05) is 6.08 Å². The van der Waals surface area contributed by atoms with Crippen molar-refractivity contribution in [2.45, 2.75) is 31.3 Å². The molecule has 1 rings (SSSR count). The predicted molar refractivity (Wildman–Crippen MR) is 57.0 cm³/mol. The van der Waals surface area contributed by atoms with Gasteiger partial charge in [-0.2, -0.15) is 0 Å². The van der Waals surface area contributed by atoms with Crippen LogP contribution in [0.5, 0.6) is 0 Å². The summed E-state index contributed by atoms with van der Waals surface area (Å²) in [5.74, 6) is -0.475. The lowest BCUT2D eigenvalue weighted by Crippen LogP contribution is -2.45. The largest absolute Gasteiger partial charge is 0.352 e. The van der Waals surface area contributed by atoms with Crippen molar-refractivity contribution in [1.29, 1.82) is 0 Å². The molecule has 5 heteroatoms. The molecule has 1 saturated carbocycles. The van der Waals surface area contributed by atoms with Crippen LogP contribution in [0.4, 0.5) is 0 Å². The molecular formula is C10H17N3O2. The topological polar surface area (TPSA) is 84.2 Å². The molecule has 0 aliphatic heterocycles. The minimum absolute atomic E-state index is 0.000175. The standard InChI is InChI=1S/C10H17N3O2/c1-2-3-8(11)10(15)12-6-9(14)13-7-4-5-7/h2,7-8H,1,3-6,11H2,(H,12,15)(H,13,14). The van der Waals surface area contributed by atoms with Crippen LogP contribution in [0.3, 0.4) is 0 Å². The van der Waals surface area contributed by atoms with E-state index in [0.29, 0.717) is 12.5 Å². The van der Waals surface area contributed by atoms with Gasteiger partial charge in [-0.15, -0.1) is 6.58 Å². The van der Waals surface area contributed by atoms with E-state index in [9.17, 15) is 9.59 Å². The normalized spacial score (nSPS) is 16.6. The molecule has 0 saturated heterocycles. The number of hydrogen-bond acceptors (Lipinski definition) is 3. The fraction of sp³-hybridized carbons (Fsp3) is 0.600. The van der Waals surface area contributed by atoms with Gasteiger partial charge in [0.15, 0.2) is 0 Å². The highest BCUT2D eigenvalue weighted by molar-refractivity contribution is 5.87. The third-order valence-corrected chi connectivity index (χ3v) is 2.12. The van der Waals surface area contributed by atoms with Gasteiger partial charge in [0.25, 0.3) is 0 Å². The second-order valence-electron chi connectivity index (χ2n) is 3.69. The summed E-state index contributed by atoms with van der Waals surface area (Å²) in [6.45, 7) is 3.49. The summed E-state index contributed by atoms with van der Waals surface area (Å²) in [5, 5.41) is 5.24. The molecule has 2 amide bonds. The zero-order valence-corrected chi connectivity index (χ0v) is 8.66. The van der Waals surface area contributed by atoms with E-state index in [0.717, 1.165) is 12.8 Å². The Morgan fingerprint density at radius 3 is 2.73 bits per heavy atom. The van der Waals surface area contributed by atoms with Crippen molar-refractivity contribution in [3.63, 3.8) is 0 Å². The Morgan fingerprint density at radius 1 is 1.53 bits per heavy atom. The number of rotatable bonds is 6. The molecule has 0 heterocycles. The molecule has 0 aromatic carbocycles. The monoisotopic (exact) mass is 211 g/mol. The number of nitrogens with one attached hydrogen (secondary N) is 2. The molecule has 4 N–H and O–H groups in total. The van der Waals surface area contributed by atoms with Gasteiger partial charge in [0.1, 0.15) is 0 Å². The summed E-state index contributed by atoms with van der Waals surface area (Å²) in [4.78, 5) is 22.5. The lowest BCUT2D eigenvalue weighted by molar-refractivity contribution is -0.126. The molecule has 0 bridgehead atoms. The van der Waals surface area contributed by atoms with E-state index >= 15 is 0 Å². The maximum Gasteiger partial charge on any atom is 0.239 e. The van der Waals surface area contributed by atoms with Crippen LogP contribution in [-0.4, -0.2) is 30.4 Å². The maximum atomic E-state index is 11.3. The van der Waals surface area contributed by atoms with Crippen molar-refractivity contribution in [2.75, 3.05) is 6.54 Å². The molecule has 1 fully saturated rings. The van der Waals surface area contributed by atoms with Crippen LogP contribution in [0.1, 0.15) is 19.3 Å². The molecule has 1 aliphatic rings. The second kappa shape index (κ2) is 5.50. The highest BCUT2D eigenvalue weighted by Crippen LogP contribution is 2.18. The number of carbonyl (C=O) groups is 2. The van der Waals surface area contributed by atoms with E-state index in [-0.39, 0.29) is 18.4 Å². The van der Waals surface area contributed by atoms with Crippen molar-refractivity contribution >= 4 is 11.8 Å². The van der Waals surface area contributed by atoms with Gasteiger partial charge in [0.2, 0.25) is 11.8 Å². The SMILES string of the molecule is C=CCC(N)C(=O)NCC(=O)NC1CC1. The fourth-order valence-corrected chi connectivity index (χ4v) is 1.09. The third-order valence-electron chi connectivity index (χ3n) is 2.12. The Bertz CT molecular complexity index is 261. The molecule has 15 heavy (non-hydrogen) atoms. The number of amides is 2. The molecule has 0 radical (unpaired) electrons. The first-order chi connectivity index (χ1) is 7.13. The summed E-state index contributed by atoms with van der Waals surface area (Å²) in [6.07, 6.45) is 4.07. The van der Waals surface area contributed by atoms with Crippen molar-refractivity contribution < 1.29 is 9.59 Å². The fourth-order valence-electron chi connectivity index (χ4n) is 1.09. The van der Waals surface area contributed by atoms with Crippen LogP contribution in [0, 0.1) is 0 Å². The van der Waals surface area contributed by atoms with Gasteiger partial charge in [0.05, 0.1) is 12.6 Å². The predicted octanol–water partition coefficient (Wildman–Crippen LogP) is -0.715. The first-order valence-corrected chi connectivity index (χ1v) is 5.07. The maximum absolute atomic E-state index is 11.3. The smallest absolute Gasteiger partial charge is 0.239 e. The quantitative estimate of drug-likeness (QED) is 0.507. The Morgan fingerprint density at radius 2 is 2.20 bits per heavy atom. The zero-order valence-electron chi connectivity index (χ0n) is 8.66. The molecule has 0 aromatic heterocycles. The van der Waals surface area contributed by atoms with E-state index in [1.54, 1.807) is 6.08 Å². The van der Waals surface area contributed by atoms with Crippen LogP contribution >= 0.6 is 0 Å². The van der Waals surface area contributed by atoms with Crippen molar-refractivity contribution in [1.82, 2.24) is 10.6 Å². The summed E-state index contributed by atoms with van der Waals surface area (Å²) in [6, 6.07) is -0.299. The van der Waals surface area contributed by atoms with E-state index in [2.05, 4.69) is 17.2 Å². The molecule has 0 aromatic rings. The second-order valence-corrected chi connectivity index (χ2v) is 3.69. The van der Waals surface area contributed by atoms with Crippen LogP contribution < -0.4 is 16.4 Å². The van der Waals surface area contributed by atoms with Gasteiger partial charge >= 0.3 is 0 Å². The van der Waals surface area contributed by atoms with Crippen molar-refractivity contribution in [2.24, 2.45) is 5.73 Å². The molecule has 1 atom stereocenters. The molecule has 5 nitrogen and oxygen atoms in total. The van der Waals surface area contributed by atoms with Crippen LogP contribution in [-0.2, 0) is 9.59 Å². The van der Waals surface area contributed by atoms with Gasteiger partial charge in [0, 0.05) is 6.04 Å². The first kappa shape index (κ1) is 11.7. The lowest BCUT2D eigenvalue weighted by atomic mass is 10.2. The summed E-state index contributed by atoms with van der Waals surface area (Å²) >= 11 is 0. The number of hydrogen-bond donors (Lipinski definition) is 3. The van der Waals surface area contributed by atoms with Crippen LogP contribution in [0.2, 0.25) is 0 Å². The highest BCUT2D eigenvalue weighted by Gasteiger charge is 2.23.